The zero-order valence-electron chi connectivity index (χ0n) is 13.5. The lowest BCUT2D eigenvalue weighted by atomic mass is 10.1. The van der Waals surface area contributed by atoms with Crippen molar-refractivity contribution in [3.8, 4) is 0 Å². The highest BCUT2D eigenvalue weighted by molar-refractivity contribution is 4.49. The molecule has 2 nitrogen and oxygen atoms in total. The Morgan fingerprint density at radius 3 is 1.42 bits per heavy atom. The van der Waals surface area contributed by atoms with Gasteiger partial charge in [0.2, 0.25) is 0 Å². The summed E-state index contributed by atoms with van der Waals surface area (Å²) in [4.78, 5) is 0. The van der Waals surface area contributed by atoms with E-state index in [1.807, 2.05) is 0 Å². The molecule has 0 aliphatic heterocycles. The van der Waals surface area contributed by atoms with Crippen LogP contribution in [-0.2, 0) is 0 Å². The molecule has 118 valence electrons. The van der Waals surface area contributed by atoms with Gasteiger partial charge < -0.3 is 22.0 Å². The van der Waals surface area contributed by atoms with Crippen LogP contribution < -0.4 is 12.4 Å². The SMILES string of the molecule is CCCCC[N+](CCO)(CCCC)CCCCC.[Cl-]. The van der Waals surface area contributed by atoms with Crippen LogP contribution in [0, 0.1) is 0 Å². The lowest BCUT2D eigenvalue weighted by Crippen LogP contribution is -3.00. The van der Waals surface area contributed by atoms with Crippen LogP contribution in [0.5, 0.6) is 0 Å². The lowest BCUT2D eigenvalue weighted by molar-refractivity contribution is -0.929. The summed E-state index contributed by atoms with van der Waals surface area (Å²) in [5, 5.41) is 9.40. The fraction of sp³-hybridized carbons (Fsp3) is 1.00. The molecular formula is C16H36ClNO. The number of rotatable bonds is 13. The molecule has 0 radical (unpaired) electrons. The van der Waals surface area contributed by atoms with Crippen molar-refractivity contribution in [2.45, 2.75) is 72.1 Å². The van der Waals surface area contributed by atoms with E-state index in [1.54, 1.807) is 0 Å². The van der Waals surface area contributed by atoms with E-state index in [4.69, 9.17) is 0 Å². The van der Waals surface area contributed by atoms with Crippen LogP contribution in [0.4, 0.5) is 0 Å². The summed E-state index contributed by atoms with van der Waals surface area (Å²) in [6.07, 6.45) is 10.5. The van der Waals surface area contributed by atoms with Gasteiger partial charge in [0.15, 0.2) is 0 Å². The molecule has 0 unspecified atom stereocenters. The van der Waals surface area contributed by atoms with Crippen LogP contribution in [0.2, 0.25) is 0 Å². The first-order chi connectivity index (χ1) is 8.74. The van der Waals surface area contributed by atoms with Crippen molar-refractivity contribution in [2.24, 2.45) is 0 Å². The molecule has 0 bridgehead atoms. The first kappa shape index (κ1) is 21.5. The van der Waals surface area contributed by atoms with Crippen LogP contribution in [0.25, 0.3) is 0 Å². The number of aliphatic hydroxyl groups is 1. The Morgan fingerprint density at radius 1 is 0.632 bits per heavy atom. The molecule has 0 amide bonds. The third-order valence-electron chi connectivity index (χ3n) is 4.03. The number of aliphatic hydroxyl groups excluding tert-OH is 1. The van der Waals surface area contributed by atoms with Gasteiger partial charge in [-0.15, -0.1) is 0 Å². The maximum Gasteiger partial charge on any atom is 0.102 e. The Hall–Kier alpha value is 0.210. The van der Waals surface area contributed by atoms with Gasteiger partial charge in [0, 0.05) is 0 Å². The second-order valence-corrected chi connectivity index (χ2v) is 5.73. The minimum atomic E-state index is 0. The zero-order valence-corrected chi connectivity index (χ0v) is 14.2. The van der Waals surface area contributed by atoms with Crippen LogP contribution >= 0.6 is 0 Å². The minimum absolute atomic E-state index is 0. The maximum absolute atomic E-state index is 9.40. The summed E-state index contributed by atoms with van der Waals surface area (Å²) < 4.78 is 1.17. The predicted molar refractivity (Wildman–Crippen MR) is 80.8 cm³/mol. The molecule has 1 N–H and O–H groups in total. The third kappa shape index (κ3) is 10.6. The number of unbranched alkanes of at least 4 members (excludes halogenated alkanes) is 5. The summed E-state index contributed by atoms with van der Waals surface area (Å²) in [7, 11) is 0. The highest BCUT2D eigenvalue weighted by Gasteiger charge is 2.24. The average Bonchev–Trinajstić information content (AvgIpc) is 2.37. The second kappa shape index (κ2) is 14.6. The Morgan fingerprint density at radius 2 is 1.05 bits per heavy atom. The minimum Gasteiger partial charge on any atom is -1.00 e. The van der Waals surface area contributed by atoms with Crippen LogP contribution in [0.15, 0.2) is 0 Å². The molecular weight excluding hydrogens is 258 g/mol. The van der Waals surface area contributed by atoms with Gasteiger partial charge in [-0.2, -0.15) is 0 Å². The van der Waals surface area contributed by atoms with E-state index >= 15 is 0 Å². The van der Waals surface area contributed by atoms with Gasteiger partial charge in [0.05, 0.1) is 26.2 Å². The topological polar surface area (TPSA) is 20.2 Å². The Labute approximate surface area is 127 Å². The normalized spacial score (nSPS) is 11.4. The van der Waals surface area contributed by atoms with E-state index in [0.717, 1.165) is 6.54 Å². The molecule has 3 heteroatoms. The largest absolute Gasteiger partial charge is 1.00 e. The molecule has 0 spiro atoms. The molecule has 0 aromatic rings. The summed E-state index contributed by atoms with van der Waals surface area (Å²) >= 11 is 0. The predicted octanol–water partition coefficient (Wildman–Crippen LogP) is 0.980. The van der Waals surface area contributed by atoms with Crippen LogP contribution in [0.3, 0.4) is 0 Å². The van der Waals surface area contributed by atoms with Crippen molar-refractivity contribution in [3.05, 3.63) is 0 Å². The molecule has 0 aromatic heterocycles. The number of hydrogen-bond donors (Lipinski definition) is 1. The smallest absolute Gasteiger partial charge is 0.102 e. The van der Waals surface area contributed by atoms with E-state index in [2.05, 4.69) is 20.8 Å². The quantitative estimate of drug-likeness (QED) is 0.396. The molecule has 19 heavy (non-hydrogen) atoms. The maximum atomic E-state index is 9.40. The van der Waals surface area contributed by atoms with Crippen molar-refractivity contribution in [1.82, 2.24) is 0 Å². The zero-order chi connectivity index (χ0) is 13.7. The highest BCUT2D eigenvalue weighted by Crippen LogP contribution is 2.15. The Bertz CT molecular complexity index is 166. The average molecular weight is 294 g/mol. The fourth-order valence-electron chi connectivity index (χ4n) is 2.77. The van der Waals surface area contributed by atoms with E-state index in [-0.39, 0.29) is 12.4 Å². The van der Waals surface area contributed by atoms with E-state index in [1.165, 1.54) is 75.5 Å². The molecule has 0 heterocycles. The van der Waals surface area contributed by atoms with E-state index in [9.17, 15) is 5.11 Å². The summed E-state index contributed by atoms with van der Waals surface area (Å²) in [5.74, 6) is 0. The van der Waals surface area contributed by atoms with Gasteiger partial charge in [-0.25, -0.2) is 0 Å². The molecule has 0 aromatic carbocycles. The molecule has 0 fully saturated rings. The third-order valence-corrected chi connectivity index (χ3v) is 4.03. The van der Waals surface area contributed by atoms with E-state index in [0.29, 0.717) is 6.61 Å². The first-order valence-corrected chi connectivity index (χ1v) is 8.20. The van der Waals surface area contributed by atoms with Crippen molar-refractivity contribution in [2.75, 3.05) is 32.8 Å². The number of halogens is 1. The van der Waals surface area contributed by atoms with E-state index < -0.39 is 0 Å². The second-order valence-electron chi connectivity index (χ2n) is 5.73. The fourth-order valence-corrected chi connectivity index (χ4v) is 2.77. The van der Waals surface area contributed by atoms with Gasteiger partial charge in [-0.1, -0.05) is 40.0 Å². The number of nitrogens with zero attached hydrogens (tertiary/aromatic N) is 1. The van der Waals surface area contributed by atoms with Crippen LogP contribution in [0.1, 0.15) is 72.1 Å². The van der Waals surface area contributed by atoms with Gasteiger partial charge in [-0.05, 0) is 32.1 Å². The Kier molecular flexibility index (Phi) is 16.5. The van der Waals surface area contributed by atoms with Gasteiger partial charge in [-0.3, -0.25) is 0 Å². The van der Waals surface area contributed by atoms with Gasteiger partial charge in [0.25, 0.3) is 0 Å². The standard InChI is InChI=1S/C16H36NO.ClH/c1-4-7-10-13-17(15-16-18,12-9-6-3)14-11-8-5-2;/h18H,4-16H2,1-3H3;1H/q+1;/p-1. The molecule has 0 aliphatic carbocycles. The van der Waals surface area contributed by atoms with Crippen molar-refractivity contribution in [3.63, 3.8) is 0 Å². The van der Waals surface area contributed by atoms with Gasteiger partial charge in [0.1, 0.15) is 6.54 Å². The monoisotopic (exact) mass is 293 g/mol. The number of hydrogen-bond acceptors (Lipinski definition) is 1. The molecule has 0 atom stereocenters. The van der Waals surface area contributed by atoms with Crippen molar-refractivity contribution < 1.29 is 22.0 Å². The molecule has 0 aliphatic rings. The Balaban J connectivity index is 0. The van der Waals surface area contributed by atoms with Crippen molar-refractivity contribution in [1.29, 1.82) is 0 Å². The lowest BCUT2D eigenvalue weighted by Gasteiger charge is -2.39. The summed E-state index contributed by atoms with van der Waals surface area (Å²) in [6, 6.07) is 0. The molecule has 0 saturated carbocycles. The van der Waals surface area contributed by atoms with Crippen molar-refractivity contribution >= 4 is 0 Å². The molecule has 0 rings (SSSR count). The first-order valence-electron chi connectivity index (χ1n) is 8.20. The summed E-state index contributed by atoms with van der Waals surface area (Å²) in [6.45, 7) is 11.9. The summed E-state index contributed by atoms with van der Waals surface area (Å²) in [5.41, 5.74) is 0. The highest BCUT2D eigenvalue weighted by atomic mass is 35.5. The van der Waals surface area contributed by atoms with Crippen LogP contribution in [-0.4, -0.2) is 42.4 Å². The number of quaternary nitrogens is 1. The molecule has 0 saturated heterocycles. The van der Waals surface area contributed by atoms with Gasteiger partial charge >= 0.3 is 0 Å².